The zero-order valence-corrected chi connectivity index (χ0v) is 19.0. The minimum Gasteiger partial charge on any atom is -0.489 e. The third-order valence-electron chi connectivity index (χ3n) is 4.44. The number of morpholine rings is 1. The van der Waals surface area contributed by atoms with Gasteiger partial charge in [-0.25, -0.2) is 13.4 Å². The third-order valence-corrected chi connectivity index (χ3v) is 7.38. The van der Waals surface area contributed by atoms with Gasteiger partial charge in [0.05, 0.1) is 47.0 Å². The molecule has 1 saturated heterocycles. The van der Waals surface area contributed by atoms with Crippen LogP contribution in [0.25, 0.3) is 0 Å². The molecule has 1 aromatic carbocycles. The lowest BCUT2D eigenvalue weighted by Gasteiger charge is -2.26. The standard InChI is InChI=1S/C20H27N3O5S2/c1-4-20-21-15(13-29-20)11-19(24)22-17-12-16(5-6-18(17)28-14(2)3)30(25,26)23-7-9-27-10-8-23/h5-6,12-14H,4,7-11H2,1-3H3,(H,22,24). The monoisotopic (exact) mass is 453 g/mol. The van der Waals surface area contributed by atoms with Gasteiger partial charge in [-0.1, -0.05) is 6.92 Å². The first-order valence-corrected chi connectivity index (χ1v) is 12.2. The highest BCUT2D eigenvalue weighted by atomic mass is 32.2. The fourth-order valence-corrected chi connectivity index (χ4v) is 5.19. The SMILES string of the molecule is CCc1nc(CC(=O)Nc2cc(S(=O)(=O)N3CCOCC3)ccc2OC(C)C)cs1. The molecular formula is C20H27N3O5S2. The molecular weight excluding hydrogens is 426 g/mol. The lowest BCUT2D eigenvalue weighted by atomic mass is 10.2. The van der Waals surface area contributed by atoms with Crippen LogP contribution in [-0.2, 0) is 32.4 Å². The van der Waals surface area contributed by atoms with Gasteiger partial charge >= 0.3 is 0 Å². The molecule has 30 heavy (non-hydrogen) atoms. The van der Waals surface area contributed by atoms with Crippen LogP contribution in [-0.4, -0.2) is 56.0 Å². The summed E-state index contributed by atoms with van der Waals surface area (Å²) in [5, 5.41) is 5.64. The number of hydrogen-bond acceptors (Lipinski definition) is 7. The lowest BCUT2D eigenvalue weighted by molar-refractivity contribution is -0.115. The average molecular weight is 454 g/mol. The van der Waals surface area contributed by atoms with Crippen molar-refractivity contribution in [1.82, 2.24) is 9.29 Å². The van der Waals surface area contributed by atoms with Crippen molar-refractivity contribution in [2.24, 2.45) is 0 Å². The molecule has 0 atom stereocenters. The van der Waals surface area contributed by atoms with E-state index in [1.807, 2.05) is 26.2 Å². The number of anilines is 1. The van der Waals surface area contributed by atoms with Gasteiger partial charge in [-0.15, -0.1) is 11.3 Å². The summed E-state index contributed by atoms with van der Waals surface area (Å²) >= 11 is 1.52. The second kappa shape index (κ2) is 9.86. The van der Waals surface area contributed by atoms with Crippen LogP contribution in [0.4, 0.5) is 5.69 Å². The summed E-state index contributed by atoms with van der Waals surface area (Å²) in [5.41, 5.74) is 1.02. The maximum absolute atomic E-state index is 13.0. The molecule has 0 saturated carbocycles. The molecule has 0 radical (unpaired) electrons. The summed E-state index contributed by atoms with van der Waals surface area (Å²) in [4.78, 5) is 17.1. The van der Waals surface area contributed by atoms with Gasteiger partial charge in [0.25, 0.3) is 0 Å². The van der Waals surface area contributed by atoms with Crippen LogP contribution in [0.3, 0.4) is 0 Å². The van der Waals surface area contributed by atoms with Crippen LogP contribution >= 0.6 is 11.3 Å². The summed E-state index contributed by atoms with van der Waals surface area (Å²) in [7, 11) is -3.69. The fraction of sp³-hybridized carbons (Fsp3) is 0.500. The first kappa shape index (κ1) is 22.7. The molecule has 1 aliphatic heterocycles. The first-order chi connectivity index (χ1) is 14.3. The number of carbonyl (C=O) groups excluding carboxylic acids is 1. The van der Waals surface area contributed by atoms with E-state index in [1.54, 1.807) is 6.07 Å². The Hall–Kier alpha value is -2.01. The summed E-state index contributed by atoms with van der Waals surface area (Å²) in [6.45, 7) is 7.08. The lowest BCUT2D eigenvalue weighted by Crippen LogP contribution is -2.40. The van der Waals surface area contributed by atoms with E-state index in [4.69, 9.17) is 9.47 Å². The van der Waals surface area contributed by atoms with Gasteiger partial charge in [-0.3, -0.25) is 4.79 Å². The Labute approximate surface area is 181 Å². The highest BCUT2D eigenvalue weighted by Gasteiger charge is 2.27. The Kier molecular flexibility index (Phi) is 7.45. The molecule has 2 heterocycles. The predicted octanol–water partition coefficient (Wildman–Crippen LogP) is 2.69. The fourth-order valence-electron chi connectivity index (χ4n) is 3.01. The van der Waals surface area contributed by atoms with E-state index >= 15 is 0 Å². The Balaban J connectivity index is 1.84. The van der Waals surface area contributed by atoms with E-state index in [0.29, 0.717) is 43.4 Å². The van der Waals surface area contributed by atoms with Crippen LogP contribution in [0.2, 0.25) is 0 Å². The molecule has 164 valence electrons. The Morgan fingerprint density at radius 1 is 1.33 bits per heavy atom. The topological polar surface area (TPSA) is 97.8 Å². The van der Waals surface area contributed by atoms with Gasteiger partial charge in [-0.2, -0.15) is 4.31 Å². The number of carbonyl (C=O) groups is 1. The normalized spacial score (nSPS) is 15.3. The van der Waals surface area contributed by atoms with E-state index in [2.05, 4.69) is 10.3 Å². The van der Waals surface area contributed by atoms with Crippen LogP contribution in [0.5, 0.6) is 5.75 Å². The summed E-state index contributed by atoms with van der Waals surface area (Å²) in [6.07, 6.45) is 0.797. The van der Waals surface area contributed by atoms with Crippen molar-refractivity contribution in [2.75, 3.05) is 31.6 Å². The Morgan fingerprint density at radius 2 is 2.07 bits per heavy atom. The van der Waals surface area contributed by atoms with E-state index in [1.165, 1.54) is 27.8 Å². The van der Waals surface area contributed by atoms with Crippen molar-refractivity contribution in [3.05, 3.63) is 34.3 Å². The zero-order valence-electron chi connectivity index (χ0n) is 17.4. The van der Waals surface area contributed by atoms with Crippen molar-refractivity contribution < 1.29 is 22.7 Å². The van der Waals surface area contributed by atoms with E-state index in [9.17, 15) is 13.2 Å². The van der Waals surface area contributed by atoms with Gasteiger partial charge in [0.2, 0.25) is 15.9 Å². The molecule has 1 amide bonds. The van der Waals surface area contributed by atoms with Crippen molar-refractivity contribution in [3.8, 4) is 5.75 Å². The van der Waals surface area contributed by atoms with Gasteiger partial charge in [0.1, 0.15) is 5.75 Å². The summed E-state index contributed by atoms with van der Waals surface area (Å²) in [6, 6.07) is 4.55. The zero-order chi connectivity index (χ0) is 21.7. The van der Waals surface area contributed by atoms with Crippen molar-refractivity contribution >= 4 is 33.0 Å². The van der Waals surface area contributed by atoms with Crippen molar-refractivity contribution in [2.45, 2.75) is 44.6 Å². The number of amides is 1. The number of thiazole rings is 1. The Morgan fingerprint density at radius 3 is 2.70 bits per heavy atom. The maximum Gasteiger partial charge on any atom is 0.243 e. The van der Waals surface area contributed by atoms with Crippen LogP contribution in [0, 0.1) is 0 Å². The molecule has 3 rings (SSSR count). The molecule has 10 heteroatoms. The average Bonchev–Trinajstić information content (AvgIpc) is 3.17. The molecule has 1 N–H and O–H groups in total. The molecule has 0 bridgehead atoms. The number of sulfonamides is 1. The molecule has 8 nitrogen and oxygen atoms in total. The highest BCUT2D eigenvalue weighted by Crippen LogP contribution is 2.30. The van der Waals surface area contributed by atoms with Gasteiger partial charge in [0.15, 0.2) is 0 Å². The molecule has 2 aromatic rings. The summed E-state index contributed by atoms with van der Waals surface area (Å²) < 4.78 is 38.4. The number of aryl methyl sites for hydroxylation is 1. The first-order valence-electron chi connectivity index (χ1n) is 9.91. The van der Waals surface area contributed by atoms with Gasteiger partial charge in [0, 0.05) is 18.5 Å². The molecule has 1 aliphatic rings. The van der Waals surface area contributed by atoms with Crippen LogP contribution in [0.1, 0.15) is 31.5 Å². The van der Waals surface area contributed by atoms with Crippen LogP contribution in [0.15, 0.2) is 28.5 Å². The minimum atomic E-state index is -3.69. The molecule has 1 aromatic heterocycles. The second-order valence-corrected chi connectivity index (χ2v) is 10.0. The second-order valence-electron chi connectivity index (χ2n) is 7.15. The largest absolute Gasteiger partial charge is 0.489 e. The number of nitrogens with one attached hydrogen (secondary N) is 1. The molecule has 0 spiro atoms. The molecule has 0 aliphatic carbocycles. The van der Waals surface area contributed by atoms with E-state index in [0.717, 1.165) is 11.4 Å². The van der Waals surface area contributed by atoms with Gasteiger partial charge < -0.3 is 14.8 Å². The highest BCUT2D eigenvalue weighted by molar-refractivity contribution is 7.89. The number of benzene rings is 1. The third kappa shape index (κ3) is 5.57. The Bertz CT molecular complexity index is 982. The van der Waals surface area contributed by atoms with Crippen molar-refractivity contribution in [3.63, 3.8) is 0 Å². The molecule has 0 unspecified atom stereocenters. The predicted molar refractivity (Wildman–Crippen MR) is 116 cm³/mol. The minimum absolute atomic E-state index is 0.109. The van der Waals surface area contributed by atoms with Gasteiger partial charge in [-0.05, 0) is 38.5 Å². The van der Waals surface area contributed by atoms with E-state index < -0.39 is 10.0 Å². The maximum atomic E-state index is 13.0. The number of aromatic nitrogens is 1. The summed E-state index contributed by atoms with van der Waals surface area (Å²) in [5.74, 6) is 0.143. The number of rotatable bonds is 8. The molecule has 1 fully saturated rings. The van der Waals surface area contributed by atoms with Crippen molar-refractivity contribution in [1.29, 1.82) is 0 Å². The quantitative estimate of drug-likeness (QED) is 0.660. The number of ether oxygens (including phenoxy) is 2. The number of hydrogen-bond donors (Lipinski definition) is 1. The smallest absolute Gasteiger partial charge is 0.243 e. The van der Waals surface area contributed by atoms with Crippen LogP contribution < -0.4 is 10.1 Å². The number of nitrogens with zero attached hydrogens (tertiary/aromatic N) is 2. The van der Waals surface area contributed by atoms with E-state index in [-0.39, 0.29) is 23.3 Å².